The van der Waals surface area contributed by atoms with Gasteiger partial charge in [-0.3, -0.25) is 0 Å². The third kappa shape index (κ3) is 1.67. The number of imidazole rings is 1. The molecule has 1 heterocycles. The molecule has 0 unspecified atom stereocenters. The molecule has 0 fully saturated rings. The standard InChI is InChI=1S/C3H4N2O.Li.H/c6-3-4-1-2-5-3;;/h1-2H,(H2,4,5,6);;/q;+1;-1. The summed E-state index contributed by atoms with van der Waals surface area (Å²) in [6, 6.07) is 0. The molecule has 2 N–H and O–H groups in total. The van der Waals surface area contributed by atoms with Gasteiger partial charge in [-0.05, 0) is 0 Å². The van der Waals surface area contributed by atoms with E-state index in [1.807, 2.05) is 0 Å². The molecule has 1 aromatic rings. The van der Waals surface area contributed by atoms with Crippen molar-refractivity contribution in [1.82, 2.24) is 9.97 Å². The molecule has 0 radical (unpaired) electrons. The normalized spacial score (nSPS) is 7.43. The summed E-state index contributed by atoms with van der Waals surface area (Å²) < 4.78 is 0. The Morgan fingerprint density at radius 3 is 2.00 bits per heavy atom. The van der Waals surface area contributed by atoms with Crippen molar-refractivity contribution in [2.45, 2.75) is 0 Å². The van der Waals surface area contributed by atoms with Gasteiger partial charge in [0.05, 0.1) is 0 Å². The molecule has 0 atom stereocenters. The van der Waals surface area contributed by atoms with E-state index in [0.29, 0.717) is 0 Å². The quantitative estimate of drug-likeness (QED) is 0.326. The molecule has 1 rings (SSSR count). The van der Waals surface area contributed by atoms with Crippen LogP contribution in [0.15, 0.2) is 17.2 Å². The van der Waals surface area contributed by atoms with Gasteiger partial charge in [0, 0.05) is 12.4 Å². The molecule has 4 heteroatoms. The number of nitrogens with one attached hydrogen (secondary N) is 2. The van der Waals surface area contributed by atoms with E-state index in [-0.39, 0.29) is 26.0 Å². The first-order chi connectivity index (χ1) is 2.89. The van der Waals surface area contributed by atoms with Gasteiger partial charge in [0.25, 0.3) is 0 Å². The Hall–Kier alpha value is -0.393. The zero-order valence-electron chi connectivity index (χ0n) is 5.06. The number of H-pyrrole nitrogens is 2. The molecule has 0 aliphatic rings. The third-order valence-electron chi connectivity index (χ3n) is 0.512. The fraction of sp³-hybridized carbons (Fsp3) is 0. The second-order valence-electron chi connectivity index (χ2n) is 0.951. The van der Waals surface area contributed by atoms with Crippen LogP contribution in [-0.4, -0.2) is 9.97 Å². The molecule has 0 aliphatic heterocycles. The maximum Gasteiger partial charge on any atom is 1.00 e. The summed E-state index contributed by atoms with van der Waals surface area (Å²) >= 11 is 0. The predicted octanol–water partition coefficient (Wildman–Crippen LogP) is -3.18. The molecular weight excluding hydrogens is 87.0 g/mol. The SMILES string of the molecule is O=c1[nH]cc[nH]1.[H-].[Li+]. The summed E-state index contributed by atoms with van der Waals surface area (Å²) in [5, 5.41) is 0. The van der Waals surface area contributed by atoms with Gasteiger partial charge in [-0.2, -0.15) is 0 Å². The minimum atomic E-state index is -0.157. The number of aromatic amines is 2. The van der Waals surface area contributed by atoms with Crippen LogP contribution in [0.4, 0.5) is 0 Å². The van der Waals surface area contributed by atoms with E-state index < -0.39 is 0 Å². The fourth-order valence-corrected chi connectivity index (χ4v) is 0.276. The van der Waals surface area contributed by atoms with Gasteiger partial charge >= 0.3 is 24.6 Å². The molecule has 1 aromatic heterocycles. The van der Waals surface area contributed by atoms with Crippen LogP contribution in [0.1, 0.15) is 1.43 Å². The second kappa shape index (κ2) is 2.73. The summed E-state index contributed by atoms with van der Waals surface area (Å²) in [5.74, 6) is 0. The van der Waals surface area contributed by atoms with Crippen molar-refractivity contribution in [3.63, 3.8) is 0 Å². The van der Waals surface area contributed by atoms with Crippen LogP contribution >= 0.6 is 0 Å². The molecule has 34 valence electrons. The van der Waals surface area contributed by atoms with E-state index in [4.69, 9.17) is 0 Å². The number of rotatable bonds is 0. The monoisotopic (exact) mass is 92.1 g/mol. The van der Waals surface area contributed by atoms with Crippen LogP contribution < -0.4 is 24.6 Å². The molecule has 0 spiro atoms. The average molecular weight is 92.0 g/mol. The Kier molecular flexibility index (Phi) is 2.57. The van der Waals surface area contributed by atoms with Crippen molar-refractivity contribution in [2.75, 3.05) is 0 Å². The number of aromatic nitrogens is 2. The van der Waals surface area contributed by atoms with Crippen molar-refractivity contribution >= 4 is 0 Å². The molecule has 0 bridgehead atoms. The molecule has 0 aliphatic carbocycles. The zero-order chi connectivity index (χ0) is 4.41. The maximum atomic E-state index is 9.96. The third-order valence-corrected chi connectivity index (χ3v) is 0.512. The van der Waals surface area contributed by atoms with Crippen LogP contribution in [0.25, 0.3) is 0 Å². The van der Waals surface area contributed by atoms with Gasteiger partial charge in [-0.1, -0.05) is 0 Å². The maximum absolute atomic E-state index is 9.96. The Bertz CT molecular complexity index is 155. The largest absolute Gasteiger partial charge is 1.00 e. The summed E-state index contributed by atoms with van der Waals surface area (Å²) in [6.45, 7) is 0. The van der Waals surface area contributed by atoms with E-state index in [9.17, 15) is 4.79 Å². The van der Waals surface area contributed by atoms with Crippen LogP contribution in [-0.2, 0) is 0 Å². The van der Waals surface area contributed by atoms with E-state index in [2.05, 4.69) is 9.97 Å². The molecule has 7 heavy (non-hydrogen) atoms. The van der Waals surface area contributed by atoms with Crippen LogP contribution in [0, 0.1) is 0 Å². The Morgan fingerprint density at radius 2 is 1.86 bits per heavy atom. The Morgan fingerprint density at radius 1 is 1.43 bits per heavy atom. The average Bonchev–Trinajstić information content (AvgIpc) is 1.86. The number of hydrogen-bond acceptors (Lipinski definition) is 1. The predicted molar refractivity (Wildman–Crippen MR) is 22.5 cm³/mol. The van der Waals surface area contributed by atoms with Gasteiger partial charge < -0.3 is 11.4 Å². The smallest absolute Gasteiger partial charge is 1.00 e. The minimum Gasteiger partial charge on any atom is -1.00 e. The first kappa shape index (κ1) is 6.61. The molecule has 0 saturated heterocycles. The first-order valence-electron chi connectivity index (χ1n) is 1.61. The first-order valence-corrected chi connectivity index (χ1v) is 1.61. The van der Waals surface area contributed by atoms with Crippen molar-refractivity contribution < 1.29 is 20.3 Å². The van der Waals surface area contributed by atoms with Crippen molar-refractivity contribution in [2.24, 2.45) is 0 Å². The minimum absolute atomic E-state index is 0. The van der Waals surface area contributed by atoms with Crippen molar-refractivity contribution in [1.29, 1.82) is 0 Å². The molecule has 0 amide bonds. The molecule has 3 nitrogen and oxygen atoms in total. The molecular formula is C3H5LiN2O. The van der Waals surface area contributed by atoms with E-state index >= 15 is 0 Å². The van der Waals surface area contributed by atoms with Gasteiger partial charge in [0.2, 0.25) is 0 Å². The molecule has 0 saturated carbocycles. The van der Waals surface area contributed by atoms with Crippen molar-refractivity contribution in [3.05, 3.63) is 22.9 Å². The van der Waals surface area contributed by atoms with Gasteiger partial charge in [-0.15, -0.1) is 0 Å². The Labute approximate surface area is 53.8 Å². The molecule has 0 aromatic carbocycles. The van der Waals surface area contributed by atoms with Crippen LogP contribution in [0.5, 0.6) is 0 Å². The van der Waals surface area contributed by atoms with Gasteiger partial charge in [-0.25, -0.2) is 4.79 Å². The topological polar surface area (TPSA) is 48.6 Å². The van der Waals surface area contributed by atoms with Crippen molar-refractivity contribution in [3.8, 4) is 0 Å². The van der Waals surface area contributed by atoms with Crippen LogP contribution in [0.2, 0.25) is 0 Å². The van der Waals surface area contributed by atoms with Crippen LogP contribution in [0.3, 0.4) is 0 Å². The summed E-state index contributed by atoms with van der Waals surface area (Å²) in [5.41, 5.74) is -0.157. The second-order valence-corrected chi connectivity index (χ2v) is 0.951. The summed E-state index contributed by atoms with van der Waals surface area (Å²) in [7, 11) is 0. The van der Waals surface area contributed by atoms with E-state index in [1.54, 1.807) is 12.4 Å². The Balaban J connectivity index is 0. The van der Waals surface area contributed by atoms with Gasteiger partial charge in [0.1, 0.15) is 0 Å². The summed E-state index contributed by atoms with van der Waals surface area (Å²) in [4.78, 5) is 14.7. The van der Waals surface area contributed by atoms with E-state index in [1.165, 1.54) is 0 Å². The zero-order valence-corrected chi connectivity index (χ0v) is 4.06. The van der Waals surface area contributed by atoms with Gasteiger partial charge in [0.15, 0.2) is 0 Å². The summed E-state index contributed by atoms with van der Waals surface area (Å²) in [6.07, 6.45) is 3.09. The van der Waals surface area contributed by atoms with E-state index in [0.717, 1.165) is 0 Å². The number of hydrogen-bond donors (Lipinski definition) is 2. The fourth-order valence-electron chi connectivity index (χ4n) is 0.276.